The molecule has 2 nitrogen and oxygen atoms in total. The number of benzene rings is 1. The van der Waals surface area contributed by atoms with E-state index in [2.05, 4.69) is 18.9 Å². The molecule has 0 radical (unpaired) electrons. The summed E-state index contributed by atoms with van der Waals surface area (Å²) < 4.78 is 15.1. The van der Waals surface area contributed by atoms with Crippen molar-refractivity contribution >= 4 is 10.9 Å². The maximum Gasteiger partial charge on any atom is 0.149 e. The number of hydrogen-bond donors (Lipinski definition) is 0. The second-order valence-corrected chi connectivity index (χ2v) is 3.80. The molecular weight excluding hydrogens is 179 g/mol. The molecule has 0 aliphatic rings. The fourth-order valence-electron chi connectivity index (χ4n) is 1.74. The average Bonchev–Trinajstić information content (AvgIpc) is 2.45. The second kappa shape index (κ2) is 3.08. The summed E-state index contributed by atoms with van der Waals surface area (Å²) in [5, 5.41) is 5.25. The van der Waals surface area contributed by atoms with Gasteiger partial charge >= 0.3 is 0 Å². The minimum absolute atomic E-state index is 0.204. The van der Waals surface area contributed by atoms with Crippen molar-refractivity contribution in [2.45, 2.75) is 19.8 Å². The van der Waals surface area contributed by atoms with Gasteiger partial charge in [-0.1, -0.05) is 26.0 Å². The summed E-state index contributed by atoms with van der Waals surface area (Å²) >= 11 is 0. The van der Waals surface area contributed by atoms with Crippen LogP contribution in [0.5, 0.6) is 0 Å². The van der Waals surface area contributed by atoms with Gasteiger partial charge in [-0.25, -0.2) is 4.39 Å². The van der Waals surface area contributed by atoms with Crippen LogP contribution in [0.15, 0.2) is 18.2 Å². The smallest absolute Gasteiger partial charge is 0.149 e. The van der Waals surface area contributed by atoms with Crippen LogP contribution in [0.3, 0.4) is 0 Å². The van der Waals surface area contributed by atoms with E-state index >= 15 is 0 Å². The quantitative estimate of drug-likeness (QED) is 0.679. The Morgan fingerprint density at radius 1 is 1.36 bits per heavy atom. The third-order valence-corrected chi connectivity index (χ3v) is 2.39. The summed E-state index contributed by atoms with van der Waals surface area (Å²) in [5.74, 6) is 0.116. The minimum Gasteiger partial charge on any atom is -0.265 e. The van der Waals surface area contributed by atoms with Crippen LogP contribution in [-0.2, 0) is 7.05 Å². The molecule has 0 amide bonds. The molecule has 0 spiro atoms. The van der Waals surface area contributed by atoms with Crippen LogP contribution in [0, 0.1) is 5.82 Å². The van der Waals surface area contributed by atoms with Crippen LogP contribution < -0.4 is 0 Å². The number of fused-ring (bicyclic) bond motifs is 1. The van der Waals surface area contributed by atoms with Gasteiger partial charge in [0.05, 0.1) is 5.69 Å². The predicted molar refractivity (Wildman–Crippen MR) is 54.8 cm³/mol. The largest absolute Gasteiger partial charge is 0.265 e. The second-order valence-electron chi connectivity index (χ2n) is 3.80. The summed E-state index contributed by atoms with van der Waals surface area (Å²) in [6.45, 7) is 4.12. The lowest BCUT2D eigenvalue weighted by atomic mass is 10.1. The molecule has 0 aliphatic carbocycles. The normalized spacial score (nSPS) is 11.5. The first-order valence-electron chi connectivity index (χ1n) is 4.72. The molecule has 0 fully saturated rings. The number of aromatic nitrogens is 2. The SMILES string of the molecule is CC(C)c1nn(C)c2c(F)cccc12. The van der Waals surface area contributed by atoms with E-state index in [1.807, 2.05) is 6.07 Å². The highest BCUT2D eigenvalue weighted by atomic mass is 19.1. The molecule has 1 aromatic heterocycles. The van der Waals surface area contributed by atoms with Crippen LogP contribution in [-0.4, -0.2) is 9.78 Å². The molecule has 14 heavy (non-hydrogen) atoms. The van der Waals surface area contributed by atoms with E-state index in [1.165, 1.54) is 6.07 Å². The zero-order valence-corrected chi connectivity index (χ0v) is 8.58. The van der Waals surface area contributed by atoms with E-state index in [0.29, 0.717) is 11.4 Å². The van der Waals surface area contributed by atoms with Crippen LogP contribution in [0.1, 0.15) is 25.5 Å². The van der Waals surface area contributed by atoms with Crippen LogP contribution >= 0.6 is 0 Å². The highest BCUT2D eigenvalue weighted by molar-refractivity contribution is 5.82. The van der Waals surface area contributed by atoms with Crippen molar-refractivity contribution in [3.05, 3.63) is 29.7 Å². The van der Waals surface area contributed by atoms with Crippen molar-refractivity contribution in [3.63, 3.8) is 0 Å². The molecule has 2 rings (SSSR count). The molecule has 3 heteroatoms. The molecule has 0 saturated heterocycles. The van der Waals surface area contributed by atoms with E-state index in [1.54, 1.807) is 17.8 Å². The summed E-state index contributed by atoms with van der Waals surface area (Å²) in [5.41, 5.74) is 1.55. The summed E-state index contributed by atoms with van der Waals surface area (Å²) in [4.78, 5) is 0. The minimum atomic E-state index is -0.204. The fourth-order valence-corrected chi connectivity index (χ4v) is 1.74. The molecule has 0 bridgehead atoms. The lowest BCUT2D eigenvalue weighted by Crippen LogP contribution is -1.93. The van der Waals surface area contributed by atoms with Gasteiger partial charge in [-0.3, -0.25) is 4.68 Å². The van der Waals surface area contributed by atoms with Gasteiger partial charge < -0.3 is 0 Å². The molecule has 0 atom stereocenters. The van der Waals surface area contributed by atoms with E-state index in [9.17, 15) is 4.39 Å². The standard InChI is InChI=1S/C11H13FN2/c1-7(2)10-8-5-4-6-9(12)11(8)14(3)13-10/h4-7H,1-3H3. The van der Waals surface area contributed by atoms with Crippen molar-refractivity contribution in [3.8, 4) is 0 Å². The maximum atomic E-state index is 13.5. The first-order chi connectivity index (χ1) is 6.61. The van der Waals surface area contributed by atoms with Crippen molar-refractivity contribution < 1.29 is 4.39 Å². The van der Waals surface area contributed by atoms with Gasteiger partial charge in [0, 0.05) is 12.4 Å². The molecule has 0 unspecified atom stereocenters. The first kappa shape index (κ1) is 9.19. The number of nitrogens with zero attached hydrogens (tertiary/aromatic N) is 2. The number of rotatable bonds is 1. The van der Waals surface area contributed by atoms with Gasteiger partial charge in [0.15, 0.2) is 0 Å². The monoisotopic (exact) mass is 192 g/mol. The third kappa shape index (κ3) is 1.20. The number of aryl methyl sites for hydroxylation is 1. The summed E-state index contributed by atoms with van der Waals surface area (Å²) in [6.07, 6.45) is 0. The Kier molecular flexibility index (Phi) is 2.02. The Hall–Kier alpha value is -1.38. The maximum absolute atomic E-state index is 13.5. The fraction of sp³-hybridized carbons (Fsp3) is 0.364. The molecule has 0 saturated carbocycles. The zero-order chi connectivity index (χ0) is 10.3. The molecule has 1 heterocycles. The van der Waals surface area contributed by atoms with Gasteiger partial charge in [0.25, 0.3) is 0 Å². The Morgan fingerprint density at radius 2 is 2.07 bits per heavy atom. The molecule has 1 aromatic carbocycles. The van der Waals surface area contributed by atoms with Gasteiger partial charge in [0.1, 0.15) is 11.3 Å². The van der Waals surface area contributed by atoms with Crippen molar-refractivity contribution in [1.29, 1.82) is 0 Å². The van der Waals surface area contributed by atoms with E-state index in [4.69, 9.17) is 0 Å². The average molecular weight is 192 g/mol. The molecular formula is C11H13FN2. The van der Waals surface area contributed by atoms with Crippen molar-refractivity contribution in [2.24, 2.45) is 7.05 Å². The highest BCUT2D eigenvalue weighted by Crippen LogP contribution is 2.25. The Balaban J connectivity index is 2.84. The Labute approximate surface area is 82.3 Å². The lowest BCUT2D eigenvalue weighted by Gasteiger charge is -1.99. The lowest BCUT2D eigenvalue weighted by molar-refractivity contribution is 0.624. The number of halogens is 1. The summed E-state index contributed by atoms with van der Waals surface area (Å²) in [7, 11) is 1.78. The number of para-hydroxylation sites is 1. The van der Waals surface area contributed by atoms with Crippen molar-refractivity contribution in [1.82, 2.24) is 9.78 Å². The summed E-state index contributed by atoms with van der Waals surface area (Å²) in [6, 6.07) is 5.11. The molecule has 0 N–H and O–H groups in total. The zero-order valence-electron chi connectivity index (χ0n) is 8.58. The predicted octanol–water partition coefficient (Wildman–Crippen LogP) is 2.84. The van der Waals surface area contributed by atoms with E-state index in [0.717, 1.165) is 11.1 Å². The number of hydrogen-bond acceptors (Lipinski definition) is 1. The highest BCUT2D eigenvalue weighted by Gasteiger charge is 2.13. The van der Waals surface area contributed by atoms with Gasteiger partial charge in [-0.15, -0.1) is 0 Å². The van der Waals surface area contributed by atoms with Crippen molar-refractivity contribution in [2.75, 3.05) is 0 Å². The molecule has 2 aromatic rings. The van der Waals surface area contributed by atoms with Gasteiger partial charge in [-0.05, 0) is 12.0 Å². The molecule has 0 aliphatic heterocycles. The van der Waals surface area contributed by atoms with Gasteiger partial charge in [0.2, 0.25) is 0 Å². The van der Waals surface area contributed by atoms with Crippen LogP contribution in [0.4, 0.5) is 4.39 Å². The Bertz CT molecular complexity index is 471. The molecule has 74 valence electrons. The Morgan fingerprint density at radius 3 is 2.71 bits per heavy atom. The van der Waals surface area contributed by atoms with Crippen LogP contribution in [0.2, 0.25) is 0 Å². The topological polar surface area (TPSA) is 17.8 Å². The van der Waals surface area contributed by atoms with E-state index in [-0.39, 0.29) is 5.82 Å². The van der Waals surface area contributed by atoms with Crippen LogP contribution in [0.25, 0.3) is 10.9 Å². The third-order valence-electron chi connectivity index (χ3n) is 2.39. The van der Waals surface area contributed by atoms with Gasteiger partial charge in [-0.2, -0.15) is 5.10 Å². The van der Waals surface area contributed by atoms with E-state index < -0.39 is 0 Å². The first-order valence-corrected chi connectivity index (χ1v) is 4.72.